The molecule has 120 valence electrons. The van der Waals surface area contributed by atoms with E-state index >= 15 is 0 Å². The highest BCUT2D eigenvalue weighted by atomic mass is 16.2. The molecule has 0 spiro atoms. The third-order valence-corrected chi connectivity index (χ3v) is 4.62. The van der Waals surface area contributed by atoms with Gasteiger partial charge in [0.2, 0.25) is 0 Å². The van der Waals surface area contributed by atoms with Gasteiger partial charge in [0, 0.05) is 11.7 Å². The van der Waals surface area contributed by atoms with Gasteiger partial charge in [0.05, 0.1) is 5.69 Å². The number of rotatable bonds is 5. The third-order valence-electron chi connectivity index (χ3n) is 4.62. The molecule has 0 radical (unpaired) electrons. The van der Waals surface area contributed by atoms with Crippen molar-refractivity contribution in [2.24, 2.45) is 11.8 Å². The normalized spacial score (nSPS) is 17.3. The van der Waals surface area contributed by atoms with Crippen LogP contribution in [0.1, 0.15) is 31.2 Å². The summed E-state index contributed by atoms with van der Waals surface area (Å²) in [6, 6.07) is 5.95. The van der Waals surface area contributed by atoms with E-state index in [2.05, 4.69) is 26.2 Å². The largest absolute Gasteiger partial charge is 0.335 e. The fraction of sp³-hybridized carbons (Fsp3) is 0.500. The number of aryl methyl sites for hydroxylation is 1. The highest BCUT2D eigenvalue weighted by Crippen LogP contribution is 2.44. The molecule has 2 N–H and O–H groups in total. The second kappa shape index (κ2) is 5.64. The second-order valence-corrected chi connectivity index (χ2v) is 6.55. The van der Waals surface area contributed by atoms with Gasteiger partial charge in [-0.25, -0.2) is 9.48 Å². The maximum atomic E-state index is 12.3. The first-order valence-corrected chi connectivity index (χ1v) is 8.12. The van der Waals surface area contributed by atoms with E-state index in [-0.39, 0.29) is 6.03 Å². The van der Waals surface area contributed by atoms with Crippen molar-refractivity contribution in [2.75, 3.05) is 5.32 Å². The summed E-state index contributed by atoms with van der Waals surface area (Å²) in [7, 11) is 0. The van der Waals surface area contributed by atoms with E-state index in [1.165, 1.54) is 25.7 Å². The van der Waals surface area contributed by atoms with Crippen LogP contribution in [-0.2, 0) is 0 Å². The number of aromatic nitrogens is 4. The number of amides is 2. The lowest BCUT2D eigenvalue weighted by atomic mass is 10.1. The summed E-state index contributed by atoms with van der Waals surface area (Å²) < 4.78 is 1.59. The van der Waals surface area contributed by atoms with Crippen LogP contribution in [0.2, 0.25) is 0 Å². The van der Waals surface area contributed by atoms with Crippen LogP contribution in [0.3, 0.4) is 0 Å². The summed E-state index contributed by atoms with van der Waals surface area (Å²) in [4.78, 5) is 12.3. The molecule has 23 heavy (non-hydrogen) atoms. The van der Waals surface area contributed by atoms with Crippen LogP contribution >= 0.6 is 0 Å². The Morgan fingerprint density at radius 2 is 2.00 bits per heavy atom. The van der Waals surface area contributed by atoms with Crippen molar-refractivity contribution in [3.63, 3.8) is 0 Å². The first-order chi connectivity index (χ1) is 11.2. The number of hydrogen-bond acceptors (Lipinski definition) is 4. The maximum Gasteiger partial charge on any atom is 0.319 e. The van der Waals surface area contributed by atoms with Crippen LogP contribution in [0.5, 0.6) is 0 Å². The van der Waals surface area contributed by atoms with E-state index in [0.29, 0.717) is 17.9 Å². The van der Waals surface area contributed by atoms with E-state index in [0.717, 1.165) is 16.9 Å². The molecular formula is C16H20N6O. The lowest BCUT2D eigenvalue weighted by Crippen LogP contribution is -2.40. The molecule has 1 aromatic carbocycles. The monoisotopic (exact) mass is 312 g/mol. The van der Waals surface area contributed by atoms with Crippen molar-refractivity contribution in [3.05, 3.63) is 30.1 Å². The zero-order valence-corrected chi connectivity index (χ0v) is 13.1. The first kappa shape index (κ1) is 14.2. The van der Waals surface area contributed by atoms with Crippen LogP contribution in [0.25, 0.3) is 5.69 Å². The number of nitrogens with zero attached hydrogens (tertiary/aromatic N) is 4. The molecular weight excluding hydrogens is 292 g/mol. The topological polar surface area (TPSA) is 84.7 Å². The molecule has 0 bridgehead atoms. The van der Waals surface area contributed by atoms with Gasteiger partial charge in [0.15, 0.2) is 0 Å². The fourth-order valence-electron chi connectivity index (χ4n) is 3.06. The highest BCUT2D eigenvalue weighted by Gasteiger charge is 2.42. The number of tetrazole rings is 1. The first-order valence-electron chi connectivity index (χ1n) is 8.12. The van der Waals surface area contributed by atoms with Gasteiger partial charge in [-0.15, -0.1) is 5.10 Å². The zero-order valence-electron chi connectivity index (χ0n) is 13.1. The predicted molar refractivity (Wildman–Crippen MR) is 85.3 cm³/mol. The molecule has 7 nitrogen and oxygen atoms in total. The molecule has 2 fully saturated rings. The molecule has 0 atom stereocenters. The molecule has 4 rings (SSSR count). The third kappa shape index (κ3) is 3.18. The molecule has 2 aliphatic rings. The molecule has 1 aromatic heterocycles. The lowest BCUT2D eigenvalue weighted by molar-refractivity contribution is 0.245. The summed E-state index contributed by atoms with van der Waals surface area (Å²) in [5.41, 5.74) is 2.63. The molecule has 1 heterocycles. The summed E-state index contributed by atoms with van der Waals surface area (Å²) >= 11 is 0. The Morgan fingerprint density at radius 3 is 2.61 bits per heavy atom. The Hall–Kier alpha value is -2.44. The zero-order chi connectivity index (χ0) is 15.8. The number of carbonyl (C=O) groups excluding carboxylic acids is 1. The highest BCUT2D eigenvalue weighted by molar-refractivity contribution is 5.90. The van der Waals surface area contributed by atoms with Crippen molar-refractivity contribution < 1.29 is 4.79 Å². The Morgan fingerprint density at radius 1 is 1.26 bits per heavy atom. The van der Waals surface area contributed by atoms with Crippen molar-refractivity contribution >= 4 is 11.7 Å². The Labute approximate surface area is 134 Å². The standard InChI is InChI=1S/C16H20N6O/c1-10-2-7-13(8-14(10)22-9-17-20-21-22)18-16(23)19-15(11-3-4-11)12-5-6-12/h2,7-9,11-12,15H,3-6H2,1H3,(H2,18,19,23). The number of carbonyl (C=O) groups is 1. The van der Waals surface area contributed by atoms with Gasteiger partial charge in [-0.05, 0) is 72.6 Å². The van der Waals surface area contributed by atoms with Crippen LogP contribution < -0.4 is 10.6 Å². The Kier molecular flexibility index (Phi) is 3.48. The van der Waals surface area contributed by atoms with Crippen LogP contribution in [0.15, 0.2) is 24.5 Å². The molecule has 0 unspecified atom stereocenters. The fourth-order valence-corrected chi connectivity index (χ4v) is 3.06. The van der Waals surface area contributed by atoms with Crippen molar-refractivity contribution in [1.29, 1.82) is 0 Å². The minimum atomic E-state index is -0.125. The van der Waals surface area contributed by atoms with Gasteiger partial charge < -0.3 is 10.6 Å². The summed E-state index contributed by atoms with van der Waals surface area (Å²) in [6.45, 7) is 1.98. The second-order valence-electron chi connectivity index (χ2n) is 6.55. The number of benzene rings is 1. The van der Waals surface area contributed by atoms with Crippen LogP contribution in [0, 0.1) is 18.8 Å². The van der Waals surface area contributed by atoms with Gasteiger partial charge in [-0.1, -0.05) is 6.07 Å². The average Bonchev–Trinajstić information content (AvgIpc) is 3.46. The molecule has 7 heteroatoms. The van der Waals surface area contributed by atoms with Gasteiger partial charge in [-0.3, -0.25) is 0 Å². The molecule has 2 aromatic rings. The number of anilines is 1. The number of nitrogens with one attached hydrogen (secondary N) is 2. The number of hydrogen-bond donors (Lipinski definition) is 2. The minimum Gasteiger partial charge on any atom is -0.335 e. The van der Waals surface area contributed by atoms with Gasteiger partial charge >= 0.3 is 6.03 Å². The van der Waals surface area contributed by atoms with Gasteiger partial charge in [-0.2, -0.15) is 0 Å². The summed E-state index contributed by atoms with van der Waals surface area (Å²) in [6.07, 6.45) is 6.53. The SMILES string of the molecule is Cc1ccc(NC(=O)NC(C2CC2)C2CC2)cc1-n1cnnn1. The Balaban J connectivity index is 1.45. The van der Waals surface area contributed by atoms with E-state index < -0.39 is 0 Å². The molecule has 2 aliphatic carbocycles. The smallest absolute Gasteiger partial charge is 0.319 e. The van der Waals surface area contributed by atoms with E-state index in [1.54, 1.807) is 11.0 Å². The van der Waals surface area contributed by atoms with Crippen LogP contribution in [0.4, 0.5) is 10.5 Å². The van der Waals surface area contributed by atoms with E-state index in [4.69, 9.17) is 0 Å². The lowest BCUT2D eigenvalue weighted by Gasteiger charge is -2.18. The Bertz CT molecular complexity index is 693. The van der Waals surface area contributed by atoms with Gasteiger partial charge in [0.1, 0.15) is 6.33 Å². The average molecular weight is 312 g/mol. The van der Waals surface area contributed by atoms with Crippen molar-refractivity contribution in [3.8, 4) is 5.69 Å². The molecule has 2 amide bonds. The predicted octanol–water partition coefficient (Wildman–Crippen LogP) is 2.28. The van der Waals surface area contributed by atoms with E-state index in [1.807, 2.05) is 25.1 Å². The minimum absolute atomic E-state index is 0.125. The molecule has 0 aliphatic heterocycles. The van der Waals surface area contributed by atoms with Crippen LogP contribution in [-0.4, -0.2) is 32.3 Å². The summed E-state index contributed by atoms with van der Waals surface area (Å²) in [5, 5.41) is 17.3. The number of urea groups is 1. The molecule has 2 saturated carbocycles. The maximum absolute atomic E-state index is 12.3. The quantitative estimate of drug-likeness (QED) is 0.887. The summed E-state index contributed by atoms with van der Waals surface area (Å²) in [5.74, 6) is 1.37. The van der Waals surface area contributed by atoms with Crippen molar-refractivity contribution in [2.45, 2.75) is 38.6 Å². The van der Waals surface area contributed by atoms with Crippen molar-refractivity contribution in [1.82, 2.24) is 25.5 Å². The molecule has 0 saturated heterocycles. The van der Waals surface area contributed by atoms with Gasteiger partial charge in [0.25, 0.3) is 0 Å². The van der Waals surface area contributed by atoms with E-state index in [9.17, 15) is 4.79 Å².